The molecule has 1 atom stereocenters. The van der Waals surface area contributed by atoms with Crippen LogP contribution in [-0.2, 0) is 17.1 Å². The molecule has 1 aliphatic rings. The lowest BCUT2D eigenvalue weighted by molar-refractivity contribution is 0.192. The third kappa shape index (κ3) is 2.83. The van der Waals surface area contributed by atoms with E-state index < -0.39 is 10.0 Å². The molecule has 1 N–H and O–H groups in total. The largest absolute Gasteiger partial charge is 0.396 e. The quantitative estimate of drug-likeness (QED) is 0.852. The smallest absolute Gasteiger partial charge is 0.263 e. The third-order valence-electron chi connectivity index (χ3n) is 3.33. The number of nitrogens with zero attached hydrogens (tertiary/aromatic N) is 4. The molecule has 1 saturated heterocycles. The average molecular weight is 353 g/mol. The zero-order valence-corrected chi connectivity index (χ0v) is 13.1. The van der Waals surface area contributed by atoms with Gasteiger partial charge in [-0.25, -0.2) is 13.1 Å². The molecular weight excluding hydrogens is 336 g/mol. The lowest BCUT2D eigenvalue weighted by atomic mass is 10.0. The molecule has 0 bridgehead atoms. The molecule has 2 rings (SSSR count). The molecule has 0 amide bonds. The number of rotatable bonds is 4. The molecule has 0 radical (unpaired) electrons. The summed E-state index contributed by atoms with van der Waals surface area (Å²) in [5, 5.41) is 16.6. The fraction of sp³-hybridized carbons (Fsp3) is 0.800. The molecular formula is C10H17BrN4O3S. The molecule has 1 aromatic rings. The van der Waals surface area contributed by atoms with Crippen LogP contribution in [0.2, 0.25) is 0 Å². The Kier molecular flexibility index (Phi) is 4.59. The molecule has 0 saturated carbocycles. The van der Waals surface area contributed by atoms with Gasteiger partial charge in [0.2, 0.25) is 5.03 Å². The molecule has 9 heteroatoms. The molecule has 0 aliphatic carbocycles. The van der Waals surface area contributed by atoms with E-state index in [0.29, 0.717) is 13.0 Å². The number of sulfonamides is 1. The summed E-state index contributed by atoms with van der Waals surface area (Å²) in [5.74, 6) is 0. The predicted octanol–water partition coefficient (Wildman–Crippen LogP) is 0.503. The first-order chi connectivity index (χ1) is 8.98. The van der Waals surface area contributed by atoms with E-state index in [1.54, 1.807) is 7.05 Å². The summed E-state index contributed by atoms with van der Waals surface area (Å²) in [6.45, 7) is 0.464. The molecule has 1 unspecified atom stereocenters. The average Bonchev–Trinajstić information content (AvgIpc) is 2.70. The summed E-state index contributed by atoms with van der Waals surface area (Å²) in [6.07, 6.45) is 3.07. The summed E-state index contributed by atoms with van der Waals surface area (Å²) in [4.78, 5) is 0. The van der Waals surface area contributed by atoms with Crippen molar-refractivity contribution in [3.05, 3.63) is 4.60 Å². The zero-order chi connectivity index (χ0) is 14.0. The molecule has 1 aliphatic heterocycles. The minimum atomic E-state index is -3.64. The fourth-order valence-electron chi connectivity index (χ4n) is 2.44. The van der Waals surface area contributed by atoms with Gasteiger partial charge in [-0.15, -0.1) is 5.10 Å². The van der Waals surface area contributed by atoms with Crippen LogP contribution >= 0.6 is 15.9 Å². The maximum Gasteiger partial charge on any atom is 0.263 e. The van der Waals surface area contributed by atoms with Crippen LogP contribution in [0.5, 0.6) is 0 Å². The Labute approximate surface area is 120 Å². The second-order valence-corrected chi connectivity index (χ2v) is 7.14. The maximum absolute atomic E-state index is 12.7. The first kappa shape index (κ1) is 14.9. The Bertz CT molecular complexity index is 523. The number of aryl methyl sites for hydroxylation is 1. The van der Waals surface area contributed by atoms with Gasteiger partial charge >= 0.3 is 0 Å². The van der Waals surface area contributed by atoms with Crippen molar-refractivity contribution in [3.63, 3.8) is 0 Å². The van der Waals surface area contributed by atoms with E-state index in [4.69, 9.17) is 5.11 Å². The molecule has 0 aromatic carbocycles. The van der Waals surface area contributed by atoms with Crippen LogP contribution in [0.4, 0.5) is 0 Å². The van der Waals surface area contributed by atoms with E-state index in [-0.39, 0.29) is 22.3 Å². The van der Waals surface area contributed by atoms with Gasteiger partial charge in [-0.2, -0.15) is 4.31 Å². The Morgan fingerprint density at radius 3 is 2.79 bits per heavy atom. The SMILES string of the molecule is Cn1nnc(Br)c1S(=O)(=O)N1CCCCC1CCO. The first-order valence-electron chi connectivity index (χ1n) is 6.16. The molecule has 19 heavy (non-hydrogen) atoms. The minimum absolute atomic E-state index is 0.0124. The van der Waals surface area contributed by atoms with Crippen molar-refractivity contribution in [2.24, 2.45) is 7.05 Å². The standard InChI is InChI=1S/C10H17BrN4O3S/c1-14-10(9(11)12-13-14)19(17,18)15-6-3-2-4-8(15)5-7-16/h8,16H,2-7H2,1H3. The monoisotopic (exact) mass is 352 g/mol. The van der Waals surface area contributed by atoms with Gasteiger partial charge < -0.3 is 5.11 Å². The molecule has 1 fully saturated rings. The minimum Gasteiger partial charge on any atom is -0.396 e. The Balaban J connectivity index is 2.37. The molecule has 7 nitrogen and oxygen atoms in total. The van der Waals surface area contributed by atoms with Gasteiger partial charge in [-0.05, 0) is 35.2 Å². The van der Waals surface area contributed by atoms with Crippen LogP contribution in [0.3, 0.4) is 0 Å². The second-order valence-electron chi connectivity index (χ2n) is 4.59. The van der Waals surface area contributed by atoms with Crippen LogP contribution in [0, 0.1) is 0 Å². The summed E-state index contributed by atoms with van der Waals surface area (Å²) >= 11 is 3.13. The highest BCUT2D eigenvalue weighted by molar-refractivity contribution is 9.10. The summed E-state index contributed by atoms with van der Waals surface area (Å²) in [6, 6.07) is -0.148. The number of aliphatic hydroxyl groups is 1. The van der Waals surface area contributed by atoms with E-state index in [1.807, 2.05) is 0 Å². The molecule has 108 valence electrons. The third-order valence-corrected chi connectivity index (χ3v) is 6.17. The summed E-state index contributed by atoms with van der Waals surface area (Å²) < 4.78 is 28.3. The number of hydrogen-bond donors (Lipinski definition) is 1. The Morgan fingerprint density at radius 2 is 2.21 bits per heavy atom. The lowest BCUT2D eigenvalue weighted by Crippen LogP contribution is -2.44. The van der Waals surface area contributed by atoms with Gasteiger partial charge in [-0.3, -0.25) is 0 Å². The van der Waals surface area contributed by atoms with Gasteiger partial charge in [0.25, 0.3) is 10.0 Å². The number of hydrogen-bond acceptors (Lipinski definition) is 5. The Morgan fingerprint density at radius 1 is 1.47 bits per heavy atom. The van der Waals surface area contributed by atoms with Crippen LogP contribution in [0.15, 0.2) is 9.63 Å². The lowest BCUT2D eigenvalue weighted by Gasteiger charge is -2.34. The van der Waals surface area contributed by atoms with Crippen molar-refractivity contribution in [1.82, 2.24) is 19.3 Å². The highest BCUT2D eigenvalue weighted by atomic mass is 79.9. The zero-order valence-electron chi connectivity index (χ0n) is 10.7. The van der Waals surface area contributed by atoms with Gasteiger partial charge in [0, 0.05) is 26.2 Å². The van der Waals surface area contributed by atoms with Crippen LogP contribution in [0.1, 0.15) is 25.7 Å². The van der Waals surface area contributed by atoms with E-state index in [2.05, 4.69) is 26.2 Å². The maximum atomic E-state index is 12.7. The van der Waals surface area contributed by atoms with E-state index >= 15 is 0 Å². The van der Waals surface area contributed by atoms with Crippen molar-refractivity contribution in [1.29, 1.82) is 0 Å². The summed E-state index contributed by atoms with van der Waals surface area (Å²) in [5.41, 5.74) is 0. The number of aliphatic hydroxyl groups excluding tert-OH is 1. The van der Waals surface area contributed by atoms with E-state index in [1.165, 1.54) is 8.99 Å². The highest BCUT2D eigenvalue weighted by Crippen LogP contribution is 2.29. The van der Waals surface area contributed by atoms with Crippen LogP contribution < -0.4 is 0 Å². The summed E-state index contributed by atoms with van der Waals surface area (Å²) in [7, 11) is -2.09. The molecule has 0 spiro atoms. The normalized spacial score (nSPS) is 21.7. The van der Waals surface area contributed by atoms with Gasteiger partial charge in [0.05, 0.1) is 0 Å². The first-order valence-corrected chi connectivity index (χ1v) is 8.39. The van der Waals surface area contributed by atoms with Gasteiger partial charge in [0.1, 0.15) is 0 Å². The van der Waals surface area contributed by atoms with Crippen LogP contribution in [0.25, 0.3) is 0 Å². The van der Waals surface area contributed by atoms with Gasteiger partial charge in [0.15, 0.2) is 4.60 Å². The van der Waals surface area contributed by atoms with Crippen molar-refractivity contribution in [3.8, 4) is 0 Å². The molecule has 2 heterocycles. The van der Waals surface area contributed by atoms with Crippen LogP contribution in [-0.4, -0.2) is 52.0 Å². The Hall–Kier alpha value is -0.510. The van der Waals surface area contributed by atoms with Crippen molar-refractivity contribution >= 4 is 26.0 Å². The van der Waals surface area contributed by atoms with Crippen molar-refractivity contribution in [2.45, 2.75) is 36.8 Å². The van der Waals surface area contributed by atoms with E-state index in [0.717, 1.165) is 19.3 Å². The molecule has 1 aromatic heterocycles. The number of halogens is 1. The van der Waals surface area contributed by atoms with Crippen molar-refractivity contribution < 1.29 is 13.5 Å². The predicted molar refractivity (Wildman–Crippen MR) is 71.9 cm³/mol. The number of aromatic nitrogens is 3. The second kappa shape index (κ2) is 5.86. The van der Waals surface area contributed by atoms with E-state index in [9.17, 15) is 8.42 Å². The topological polar surface area (TPSA) is 88.3 Å². The number of piperidine rings is 1. The van der Waals surface area contributed by atoms with Gasteiger partial charge in [-0.1, -0.05) is 11.6 Å². The highest BCUT2D eigenvalue weighted by Gasteiger charge is 2.36. The van der Waals surface area contributed by atoms with Crippen molar-refractivity contribution in [2.75, 3.05) is 13.2 Å². The fourth-order valence-corrected chi connectivity index (χ4v) is 5.20.